The maximum Gasteiger partial charge on any atom is 0.268 e. The monoisotopic (exact) mass is 260 g/mol. The van der Waals surface area contributed by atoms with Crippen LogP contribution in [0.3, 0.4) is 0 Å². The van der Waals surface area contributed by atoms with E-state index in [0.29, 0.717) is 6.04 Å². The minimum absolute atomic E-state index is 0.0869. The van der Waals surface area contributed by atoms with Gasteiger partial charge in [-0.2, -0.15) is 0 Å². The summed E-state index contributed by atoms with van der Waals surface area (Å²) in [5.41, 5.74) is 1.24. The molecule has 2 N–H and O–H groups in total. The van der Waals surface area contributed by atoms with Gasteiger partial charge in [0.2, 0.25) is 0 Å². The van der Waals surface area contributed by atoms with E-state index in [0.717, 1.165) is 24.4 Å². The van der Waals surface area contributed by atoms with Crippen LogP contribution in [0, 0.1) is 0 Å². The highest BCUT2D eigenvalue weighted by Crippen LogP contribution is 2.34. The minimum atomic E-state index is -0.790. The van der Waals surface area contributed by atoms with Crippen LogP contribution in [0.2, 0.25) is 0 Å². The van der Waals surface area contributed by atoms with Crippen LogP contribution in [0.5, 0.6) is 5.75 Å². The molecule has 1 aromatic rings. The Labute approximate surface area is 113 Å². The molecule has 0 saturated carbocycles. The molecule has 2 aliphatic heterocycles. The lowest BCUT2D eigenvalue weighted by Gasteiger charge is -2.31. The molecule has 1 amide bonds. The second-order valence-electron chi connectivity index (χ2n) is 5.89. The first-order valence-electron chi connectivity index (χ1n) is 6.91. The number of carbonyl (C=O) groups is 1. The molecule has 4 nitrogen and oxygen atoms in total. The predicted molar refractivity (Wildman–Crippen MR) is 74.5 cm³/mol. The van der Waals surface area contributed by atoms with Crippen LogP contribution in [-0.2, 0) is 11.2 Å². The standard InChI is InChI=1S/C15H20N2O2/c1-15(2)14(18)17-12-9-10(5-6-13(12)19-15)8-11-4-3-7-16-11/h5-6,9,11,16H,3-4,7-8H2,1-2H3,(H,17,18). The number of fused-ring (bicyclic) bond motifs is 1. The Bertz CT molecular complexity index is 505. The molecule has 1 unspecified atom stereocenters. The highest BCUT2D eigenvalue weighted by Gasteiger charge is 2.35. The maximum absolute atomic E-state index is 11.9. The lowest BCUT2D eigenvalue weighted by atomic mass is 10.0. The van der Waals surface area contributed by atoms with Gasteiger partial charge >= 0.3 is 0 Å². The molecule has 0 aliphatic carbocycles. The van der Waals surface area contributed by atoms with Crippen LogP contribution in [-0.4, -0.2) is 24.1 Å². The molecule has 2 heterocycles. The second-order valence-corrected chi connectivity index (χ2v) is 5.89. The zero-order valence-electron chi connectivity index (χ0n) is 11.5. The smallest absolute Gasteiger partial charge is 0.268 e. The van der Waals surface area contributed by atoms with E-state index in [1.165, 1.54) is 18.4 Å². The van der Waals surface area contributed by atoms with Gasteiger partial charge in [-0.15, -0.1) is 0 Å². The number of amides is 1. The molecular formula is C15H20N2O2. The first kappa shape index (κ1) is 12.5. The number of hydrogen-bond donors (Lipinski definition) is 2. The second kappa shape index (κ2) is 4.53. The van der Waals surface area contributed by atoms with E-state index in [9.17, 15) is 4.79 Å². The fourth-order valence-electron chi connectivity index (χ4n) is 2.70. The Morgan fingerprint density at radius 1 is 1.42 bits per heavy atom. The molecule has 102 valence electrons. The molecule has 1 saturated heterocycles. The van der Waals surface area contributed by atoms with Crippen molar-refractivity contribution < 1.29 is 9.53 Å². The normalized spacial score (nSPS) is 24.5. The van der Waals surface area contributed by atoms with Crippen molar-refractivity contribution in [3.05, 3.63) is 23.8 Å². The van der Waals surface area contributed by atoms with E-state index in [4.69, 9.17) is 4.74 Å². The van der Waals surface area contributed by atoms with Crippen molar-refractivity contribution in [1.82, 2.24) is 5.32 Å². The van der Waals surface area contributed by atoms with Crippen molar-refractivity contribution >= 4 is 11.6 Å². The van der Waals surface area contributed by atoms with Gasteiger partial charge in [-0.1, -0.05) is 6.07 Å². The Morgan fingerprint density at radius 2 is 2.26 bits per heavy atom. The third-order valence-electron chi connectivity index (χ3n) is 3.85. The minimum Gasteiger partial charge on any atom is -0.476 e. The van der Waals surface area contributed by atoms with Crippen molar-refractivity contribution in [1.29, 1.82) is 0 Å². The van der Waals surface area contributed by atoms with Gasteiger partial charge in [0, 0.05) is 6.04 Å². The molecule has 3 rings (SSSR count). The molecule has 0 aromatic heterocycles. The zero-order valence-corrected chi connectivity index (χ0v) is 11.5. The van der Waals surface area contributed by atoms with Crippen LogP contribution in [0.25, 0.3) is 0 Å². The van der Waals surface area contributed by atoms with Crippen LogP contribution in [0.15, 0.2) is 18.2 Å². The van der Waals surface area contributed by atoms with Crippen molar-refractivity contribution in [3.63, 3.8) is 0 Å². The van der Waals surface area contributed by atoms with Crippen molar-refractivity contribution in [2.75, 3.05) is 11.9 Å². The van der Waals surface area contributed by atoms with Crippen LogP contribution >= 0.6 is 0 Å². The van der Waals surface area contributed by atoms with E-state index >= 15 is 0 Å². The summed E-state index contributed by atoms with van der Waals surface area (Å²) in [6, 6.07) is 6.64. The summed E-state index contributed by atoms with van der Waals surface area (Å²) in [5.74, 6) is 0.670. The molecule has 1 atom stereocenters. The quantitative estimate of drug-likeness (QED) is 0.856. The fraction of sp³-hybridized carbons (Fsp3) is 0.533. The van der Waals surface area contributed by atoms with Crippen molar-refractivity contribution in [2.24, 2.45) is 0 Å². The van der Waals surface area contributed by atoms with E-state index in [-0.39, 0.29) is 5.91 Å². The topological polar surface area (TPSA) is 50.4 Å². The molecule has 2 aliphatic rings. The van der Waals surface area contributed by atoms with Crippen LogP contribution < -0.4 is 15.4 Å². The molecule has 4 heteroatoms. The average molecular weight is 260 g/mol. The molecular weight excluding hydrogens is 240 g/mol. The third-order valence-corrected chi connectivity index (χ3v) is 3.85. The van der Waals surface area contributed by atoms with Crippen LogP contribution in [0.4, 0.5) is 5.69 Å². The van der Waals surface area contributed by atoms with Gasteiger partial charge < -0.3 is 15.4 Å². The van der Waals surface area contributed by atoms with Crippen molar-refractivity contribution in [3.8, 4) is 5.75 Å². The highest BCUT2D eigenvalue weighted by molar-refractivity contribution is 6.00. The highest BCUT2D eigenvalue weighted by atomic mass is 16.5. The number of carbonyl (C=O) groups excluding carboxylic acids is 1. The van der Waals surface area contributed by atoms with Crippen molar-refractivity contribution in [2.45, 2.75) is 44.8 Å². The van der Waals surface area contributed by atoms with Gasteiger partial charge in [-0.25, -0.2) is 0 Å². The van der Waals surface area contributed by atoms with E-state index < -0.39 is 5.60 Å². The van der Waals surface area contributed by atoms with Gasteiger partial charge in [0.15, 0.2) is 5.60 Å². The summed E-state index contributed by atoms with van der Waals surface area (Å²) in [4.78, 5) is 11.9. The van der Waals surface area contributed by atoms with Crippen LogP contribution in [0.1, 0.15) is 32.3 Å². The Kier molecular flexibility index (Phi) is 2.97. The molecule has 1 fully saturated rings. The number of anilines is 1. The summed E-state index contributed by atoms with van der Waals surface area (Å²) in [6.45, 7) is 4.67. The number of benzene rings is 1. The number of hydrogen-bond acceptors (Lipinski definition) is 3. The van der Waals surface area contributed by atoms with Gasteiger partial charge in [0.1, 0.15) is 5.75 Å². The van der Waals surface area contributed by atoms with Gasteiger partial charge in [-0.3, -0.25) is 4.79 Å². The Hall–Kier alpha value is -1.55. The summed E-state index contributed by atoms with van der Waals surface area (Å²) in [7, 11) is 0. The third kappa shape index (κ3) is 2.45. The number of rotatable bonds is 2. The molecule has 0 bridgehead atoms. The summed E-state index contributed by atoms with van der Waals surface area (Å²) >= 11 is 0. The first-order valence-corrected chi connectivity index (χ1v) is 6.91. The average Bonchev–Trinajstić information content (AvgIpc) is 2.84. The van der Waals surface area contributed by atoms with Gasteiger partial charge in [-0.05, 0) is 57.4 Å². The van der Waals surface area contributed by atoms with E-state index in [1.807, 2.05) is 12.1 Å². The lowest BCUT2D eigenvalue weighted by Crippen LogP contribution is -2.45. The van der Waals surface area contributed by atoms with E-state index in [1.54, 1.807) is 13.8 Å². The van der Waals surface area contributed by atoms with E-state index in [2.05, 4.69) is 16.7 Å². The van der Waals surface area contributed by atoms with Gasteiger partial charge in [0.25, 0.3) is 5.91 Å². The largest absolute Gasteiger partial charge is 0.476 e. The molecule has 19 heavy (non-hydrogen) atoms. The molecule has 0 spiro atoms. The summed E-state index contributed by atoms with van der Waals surface area (Å²) in [5, 5.41) is 6.42. The zero-order chi connectivity index (χ0) is 13.5. The number of nitrogens with one attached hydrogen (secondary N) is 2. The Balaban J connectivity index is 1.80. The predicted octanol–water partition coefficient (Wildman–Crippen LogP) is 2.09. The molecule has 0 radical (unpaired) electrons. The lowest BCUT2D eigenvalue weighted by molar-refractivity contribution is -0.129. The Morgan fingerprint density at radius 3 is 3.00 bits per heavy atom. The summed E-state index contributed by atoms with van der Waals surface area (Å²) in [6.07, 6.45) is 3.49. The number of ether oxygens (including phenoxy) is 1. The first-order chi connectivity index (χ1) is 9.04. The van der Waals surface area contributed by atoms with Gasteiger partial charge in [0.05, 0.1) is 5.69 Å². The fourth-order valence-corrected chi connectivity index (χ4v) is 2.70. The molecule has 1 aromatic carbocycles. The summed E-state index contributed by atoms with van der Waals surface area (Å²) < 4.78 is 5.73. The SMILES string of the molecule is CC1(C)Oc2ccc(CC3CCCN3)cc2NC1=O. The maximum atomic E-state index is 11.9.